The molecule has 1 aromatic carbocycles. The van der Waals surface area contributed by atoms with Crippen molar-refractivity contribution in [3.63, 3.8) is 0 Å². The average Bonchev–Trinajstić information content (AvgIpc) is 3.00. The minimum atomic E-state index is 0.287. The number of hydrogen-bond donors (Lipinski definition) is 1. The first-order chi connectivity index (χ1) is 7.18. The Kier molecular flexibility index (Phi) is 3.08. The van der Waals surface area contributed by atoms with Gasteiger partial charge in [0.05, 0.1) is 5.54 Å². The summed E-state index contributed by atoms with van der Waals surface area (Å²) in [6, 6.07) is 9.10. The van der Waals surface area contributed by atoms with Gasteiger partial charge in [0.2, 0.25) is 0 Å². The minimum Gasteiger partial charge on any atom is -0.254 e. The second-order valence-electron chi connectivity index (χ2n) is 4.67. The lowest BCUT2D eigenvalue weighted by Gasteiger charge is -2.16. The molecular weight excluding hydrogens is 202 g/mol. The summed E-state index contributed by atoms with van der Waals surface area (Å²) in [5.41, 5.74) is 3.16. The molecule has 1 saturated carbocycles. The predicted molar refractivity (Wildman–Crippen MR) is 68.1 cm³/mol. The van der Waals surface area contributed by atoms with E-state index in [1.165, 1.54) is 24.0 Å². The molecule has 0 atom stereocenters. The maximum atomic E-state index is 3.51. The van der Waals surface area contributed by atoms with Crippen LogP contribution in [0.3, 0.4) is 0 Å². The molecule has 0 bridgehead atoms. The number of hydrogen-bond acceptors (Lipinski definition) is 2. The highest BCUT2D eigenvalue weighted by Crippen LogP contribution is 2.46. The monoisotopic (exact) mass is 221 g/mol. The van der Waals surface area contributed by atoms with E-state index < -0.39 is 0 Å². The van der Waals surface area contributed by atoms with Crippen molar-refractivity contribution in [1.82, 2.24) is 4.72 Å². The van der Waals surface area contributed by atoms with Crippen molar-refractivity contribution in [2.45, 2.75) is 38.1 Å². The van der Waals surface area contributed by atoms with Gasteiger partial charge in [0.25, 0.3) is 0 Å². The van der Waals surface area contributed by atoms with Crippen LogP contribution >= 0.6 is 11.9 Å². The number of rotatable bonds is 4. The van der Waals surface area contributed by atoms with E-state index >= 15 is 0 Å². The lowest BCUT2D eigenvalue weighted by atomic mass is 9.98. The summed E-state index contributed by atoms with van der Waals surface area (Å²) < 4.78 is 3.51. The summed E-state index contributed by atoms with van der Waals surface area (Å²) in [5.74, 6) is 0.628. The fourth-order valence-corrected chi connectivity index (χ4v) is 2.67. The van der Waals surface area contributed by atoms with Crippen molar-refractivity contribution >= 4 is 11.9 Å². The van der Waals surface area contributed by atoms with Crippen molar-refractivity contribution in [1.29, 1.82) is 0 Å². The Morgan fingerprint density at radius 1 is 1.20 bits per heavy atom. The van der Waals surface area contributed by atoms with Crippen LogP contribution < -0.4 is 4.72 Å². The molecule has 82 valence electrons. The molecule has 1 N–H and O–H groups in total. The van der Waals surface area contributed by atoms with Crippen LogP contribution in [0, 0.1) is 0 Å². The smallest absolute Gasteiger partial charge is 0.0532 e. The van der Waals surface area contributed by atoms with Crippen LogP contribution in [-0.2, 0) is 5.54 Å². The van der Waals surface area contributed by atoms with Gasteiger partial charge in [-0.2, -0.15) is 0 Å². The van der Waals surface area contributed by atoms with Gasteiger partial charge in [-0.05, 0) is 36.1 Å². The predicted octanol–water partition coefficient (Wildman–Crippen LogP) is 3.67. The summed E-state index contributed by atoms with van der Waals surface area (Å²) in [6.07, 6.45) is 4.65. The van der Waals surface area contributed by atoms with E-state index in [4.69, 9.17) is 0 Å². The summed E-state index contributed by atoms with van der Waals surface area (Å²) >= 11 is 1.73. The third-order valence-corrected chi connectivity index (χ3v) is 3.77. The lowest BCUT2D eigenvalue weighted by Crippen LogP contribution is -2.21. The first-order valence-electron chi connectivity index (χ1n) is 5.58. The van der Waals surface area contributed by atoms with Gasteiger partial charge in [-0.25, -0.2) is 0 Å². The molecule has 0 unspecified atom stereocenters. The summed E-state index contributed by atoms with van der Waals surface area (Å²) in [7, 11) is 0. The van der Waals surface area contributed by atoms with Crippen molar-refractivity contribution in [3.05, 3.63) is 35.4 Å². The van der Waals surface area contributed by atoms with Gasteiger partial charge in [-0.1, -0.05) is 50.1 Å². The quantitative estimate of drug-likeness (QED) is 0.779. The summed E-state index contributed by atoms with van der Waals surface area (Å²) in [6.45, 7) is 4.48. The second kappa shape index (κ2) is 4.18. The molecule has 2 heteroatoms. The van der Waals surface area contributed by atoms with Gasteiger partial charge in [-0.15, -0.1) is 0 Å². The Morgan fingerprint density at radius 2 is 1.80 bits per heavy atom. The molecular formula is C13H19NS. The van der Waals surface area contributed by atoms with Gasteiger partial charge in [0, 0.05) is 0 Å². The van der Waals surface area contributed by atoms with Gasteiger partial charge in [-0.3, -0.25) is 4.72 Å². The van der Waals surface area contributed by atoms with Crippen LogP contribution in [0.25, 0.3) is 0 Å². The zero-order valence-corrected chi connectivity index (χ0v) is 10.5. The third kappa shape index (κ3) is 2.21. The van der Waals surface area contributed by atoms with Gasteiger partial charge in [0.15, 0.2) is 0 Å². The standard InChI is InChI=1S/C13H19NS/c1-10(2)11-4-6-12(7-5-11)13(8-9-13)14-15-3/h4-7,10,14H,8-9H2,1-3H3. The first kappa shape index (κ1) is 11.0. The average molecular weight is 221 g/mol. The molecule has 15 heavy (non-hydrogen) atoms. The molecule has 1 aliphatic carbocycles. The molecule has 0 spiro atoms. The van der Waals surface area contributed by atoms with E-state index in [9.17, 15) is 0 Å². The van der Waals surface area contributed by atoms with Gasteiger partial charge < -0.3 is 0 Å². The van der Waals surface area contributed by atoms with Crippen molar-refractivity contribution in [2.75, 3.05) is 6.26 Å². The highest BCUT2D eigenvalue weighted by atomic mass is 32.2. The molecule has 0 saturated heterocycles. The minimum absolute atomic E-state index is 0.287. The fraction of sp³-hybridized carbons (Fsp3) is 0.538. The van der Waals surface area contributed by atoms with Crippen LogP contribution in [0.2, 0.25) is 0 Å². The summed E-state index contributed by atoms with van der Waals surface area (Å²) in [4.78, 5) is 0. The van der Waals surface area contributed by atoms with Crippen LogP contribution in [0.5, 0.6) is 0 Å². The topological polar surface area (TPSA) is 12.0 Å². The zero-order chi connectivity index (χ0) is 10.9. The van der Waals surface area contributed by atoms with Crippen molar-refractivity contribution in [3.8, 4) is 0 Å². The Labute approximate surface area is 96.8 Å². The van der Waals surface area contributed by atoms with E-state index in [0.29, 0.717) is 5.92 Å². The normalized spacial score (nSPS) is 18.1. The molecule has 0 radical (unpaired) electrons. The maximum Gasteiger partial charge on any atom is 0.0532 e. The van der Waals surface area contributed by atoms with E-state index in [0.717, 1.165) is 0 Å². The SMILES string of the molecule is CSNC1(c2ccc(C(C)C)cc2)CC1. The fourth-order valence-electron chi connectivity index (χ4n) is 1.96. The molecule has 0 aliphatic heterocycles. The van der Waals surface area contributed by atoms with E-state index in [-0.39, 0.29) is 5.54 Å². The number of nitrogens with one attached hydrogen (secondary N) is 1. The van der Waals surface area contributed by atoms with Gasteiger partial charge in [0.1, 0.15) is 0 Å². The van der Waals surface area contributed by atoms with E-state index in [1.54, 1.807) is 11.9 Å². The highest BCUT2D eigenvalue weighted by molar-refractivity contribution is 7.96. The Balaban J connectivity index is 2.17. The molecule has 1 aliphatic rings. The third-order valence-electron chi connectivity index (χ3n) is 3.18. The molecule has 2 rings (SSSR count). The molecule has 1 fully saturated rings. The van der Waals surface area contributed by atoms with E-state index in [2.05, 4.69) is 49.1 Å². The van der Waals surface area contributed by atoms with Gasteiger partial charge >= 0.3 is 0 Å². The Morgan fingerprint density at radius 3 is 2.20 bits per heavy atom. The van der Waals surface area contributed by atoms with Crippen LogP contribution in [0.4, 0.5) is 0 Å². The second-order valence-corrected chi connectivity index (χ2v) is 5.28. The summed E-state index contributed by atoms with van der Waals surface area (Å²) in [5, 5.41) is 0. The van der Waals surface area contributed by atoms with E-state index in [1.807, 2.05) is 0 Å². The van der Waals surface area contributed by atoms with Crippen molar-refractivity contribution in [2.24, 2.45) is 0 Å². The molecule has 0 amide bonds. The molecule has 0 heterocycles. The Bertz CT molecular complexity index is 325. The van der Waals surface area contributed by atoms with Crippen LogP contribution in [-0.4, -0.2) is 6.26 Å². The first-order valence-corrected chi connectivity index (χ1v) is 6.81. The Hall–Kier alpha value is -0.470. The highest BCUT2D eigenvalue weighted by Gasteiger charge is 2.43. The maximum absolute atomic E-state index is 3.51. The van der Waals surface area contributed by atoms with Crippen molar-refractivity contribution < 1.29 is 0 Å². The molecule has 1 aromatic rings. The van der Waals surface area contributed by atoms with Crippen LogP contribution in [0.15, 0.2) is 24.3 Å². The zero-order valence-electron chi connectivity index (χ0n) is 9.71. The molecule has 1 nitrogen and oxygen atoms in total. The van der Waals surface area contributed by atoms with Crippen LogP contribution in [0.1, 0.15) is 43.7 Å². The lowest BCUT2D eigenvalue weighted by molar-refractivity contribution is 0.679. The largest absolute Gasteiger partial charge is 0.254 e. The number of benzene rings is 1. The molecule has 0 aromatic heterocycles.